The first-order valence-electron chi connectivity index (χ1n) is 4.64. The quantitative estimate of drug-likeness (QED) is 0.637. The highest BCUT2D eigenvalue weighted by Gasteiger charge is 2.06. The number of nitrogens with two attached hydrogens (primary N) is 1. The van der Waals surface area contributed by atoms with Crippen LogP contribution >= 0.6 is 12.2 Å². The van der Waals surface area contributed by atoms with Gasteiger partial charge in [0.2, 0.25) is 5.91 Å². The third kappa shape index (κ3) is 6.51. The zero-order valence-electron chi connectivity index (χ0n) is 8.30. The molecule has 0 fully saturated rings. The highest BCUT2D eigenvalue weighted by Crippen LogP contribution is 1.95. The summed E-state index contributed by atoms with van der Waals surface area (Å²) >= 11 is 4.78. The number of carbonyl (C=O) groups excluding carboxylic acids is 1. The van der Waals surface area contributed by atoms with Crippen molar-refractivity contribution in [2.24, 2.45) is 11.7 Å². The highest BCUT2D eigenvalue weighted by molar-refractivity contribution is 7.80. The topological polar surface area (TPSA) is 55.1 Å². The summed E-state index contributed by atoms with van der Waals surface area (Å²) < 4.78 is 0. The van der Waals surface area contributed by atoms with Gasteiger partial charge in [-0.2, -0.15) is 0 Å². The molecule has 0 aromatic rings. The zero-order valence-corrected chi connectivity index (χ0v) is 9.12. The van der Waals surface area contributed by atoms with Crippen molar-refractivity contribution in [2.45, 2.75) is 33.1 Å². The van der Waals surface area contributed by atoms with Gasteiger partial charge in [-0.25, -0.2) is 0 Å². The molecule has 0 bridgehead atoms. The first-order chi connectivity index (χ1) is 6.07. The van der Waals surface area contributed by atoms with Gasteiger partial charge in [0.15, 0.2) is 0 Å². The predicted molar refractivity (Wildman–Crippen MR) is 58.5 cm³/mol. The van der Waals surface area contributed by atoms with Crippen molar-refractivity contribution in [1.29, 1.82) is 0 Å². The Morgan fingerprint density at radius 2 is 2.23 bits per heavy atom. The Morgan fingerprint density at radius 1 is 1.62 bits per heavy atom. The van der Waals surface area contributed by atoms with Crippen LogP contribution in [0.25, 0.3) is 0 Å². The van der Waals surface area contributed by atoms with E-state index < -0.39 is 0 Å². The van der Waals surface area contributed by atoms with E-state index in [1.165, 1.54) is 0 Å². The fourth-order valence-electron chi connectivity index (χ4n) is 0.793. The standard InChI is InChI=1S/C9H18N2OS/c1-3-4-5-8(12)11-6-7(2)9(10)13/h7H,3-6H2,1-2H3,(H2,10,13)(H,11,12). The summed E-state index contributed by atoms with van der Waals surface area (Å²) in [7, 11) is 0. The van der Waals surface area contributed by atoms with Gasteiger partial charge in [0.05, 0.1) is 4.99 Å². The smallest absolute Gasteiger partial charge is 0.220 e. The average Bonchev–Trinajstić information content (AvgIpc) is 2.10. The van der Waals surface area contributed by atoms with Crippen LogP contribution in [0.15, 0.2) is 0 Å². The van der Waals surface area contributed by atoms with Crippen LogP contribution in [-0.2, 0) is 4.79 Å². The zero-order chi connectivity index (χ0) is 10.3. The Bertz CT molecular complexity index is 182. The van der Waals surface area contributed by atoms with E-state index in [1.54, 1.807) is 0 Å². The van der Waals surface area contributed by atoms with E-state index in [4.69, 9.17) is 18.0 Å². The molecule has 1 atom stereocenters. The van der Waals surface area contributed by atoms with Crippen molar-refractivity contribution < 1.29 is 4.79 Å². The summed E-state index contributed by atoms with van der Waals surface area (Å²) in [6.45, 7) is 4.52. The second-order valence-corrected chi connectivity index (χ2v) is 3.68. The highest BCUT2D eigenvalue weighted by atomic mass is 32.1. The van der Waals surface area contributed by atoms with Gasteiger partial charge >= 0.3 is 0 Å². The lowest BCUT2D eigenvalue weighted by atomic mass is 10.2. The number of hydrogen-bond acceptors (Lipinski definition) is 2. The Morgan fingerprint density at radius 3 is 2.69 bits per heavy atom. The maximum Gasteiger partial charge on any atom is 0.220 e. The van der Waals surface area contributed by atoms with Crippen LogP contribution < -0.4 is 11.1 Å². The second-order valence-electron chi connectivity index (χ2n) is 3.21. The van der Waals surface area contributed by atoms with Crippen LogP contribution in [0.1, 0.15) is 33.1 Å². The molecule has 0 heterocycles. The lowest BCUT2D eigenvalue weighted by Gasteiger charge is -2.10. The molecule has 0 aromatic carbocycles. The maximum absolute atomic E-state index is 11.1. The molecule has 0 aliphatic heterocycles. The van der Waals surface area contributed by atoms with E-state index in [0.717, 1.165) is 12.8 Å². The molecule has 3 N–H and O–H groups in total. The van der Waals surface area contributed by atoms with Crippen LogP contribution in [0, 0.1) is 5.92 Å². The van der Waals surface area contributed by atoms with Crippen LogP contribution in [0.2, 0.25) is 0 Å². The SMILES string of the molecule is CCCCC(=O)NCC(C)C(N)=S. The molecule has 0 aromatic heterocycles. The molecule has 1 unspecified atom stereocenters. The Labute approximate surface area is 85.1 Å². The molecule has 0 saturated carbocycles. The first-order valence-corrected chi connectivity index (χ1v) is 5.04. The lowest BCUT2D eigenvalue weighted by Crippen LogP contribution is -2.33. The number of rotatable bonds is 6. The van der Waals surface area contributed by atoms with E-state index in [1.807, 2.05) is 6.92 Å². The van der Waals surface area contributed by atoms with Gasteiger partial charge in [-0.15, -0.1) is 0 Å². The van der Waals surface area contributed by atoms with Gasteiger partial charge in [0, 0.05) is 18.9 Å². The van der Waals surface area contributed by atoms with Crippen LogP contribution in [-0.4, -0.2) is 17.4 Å². The van der Waals surface area contributed by atoms with Crippen molar-refractivity contribution in [3.05, 3.63) is 0 Å². The molecule has 0 aliphatic carbocycles. The van der Waals surface area contributed by atoms with Crippen molar-refractivity contribution in [2.75, 3.05) is 6.54 Å². The molecular formula is C9H18N2OS. The largest absolute Gasteiger partial charge is 0.393 e. The lowest BCUT2D eigenvalue weighted by molar-refractivity contribution is -0.121. The molecular weight excluding hydrogens is 184 g/mol. The van der Waals surface area contributed by atoms with Gasteiger partial charge in [-0.05, 0) is 6.42 Å². The summed E-state index contributed by atoms with van der Waals surface area (Å²) in [4.78, 5) is 11.6. The van der Waals surface area contributed by atoms with E-state index >= 15 is 0 Å². The fourth-order valence-corrected chi connectivity index (χ4v) is 0.877. The monoisotopic (exact) mass is 202 g/mol. The van der Waals surface area contributed by atoms with Crippen molar-refractivity contribution in [3.63, 3.8) is 0 Å². The number of amides is 1. The summed E-state index contributed by atoms with van der Waals surface area (Å²) in [6, 6.07) is 0. The van der Waals surface area contributed by atoms with Gasteiger partial charge < -0.3 is 11.1 Å². The van der Waals surface area contributed by atoms with Gasteiger partial charge in [0.1, 0.15) is 0 Å². The molecule has 0 saturated heterocycles. The molecule has 3 nitrogen and oxygen atoms in total. The van der Waals surface area contributed by atoms with Crippen molar-refractivity contribution in [1.82, 2.24) is 5.32 Å². The van der Waals surface area contributed by atoms with E-state index in [2.05, 4.69) is 12.2 Å². The third-order valence-electron chi connectivity index (χ3n) is 1.85. The minimum absolute atomic E-state index is 0.0839. The van der Waals surface area contributed by atoms with Crippen molar-refractivity contribution >= 4 is 23.1 Å². The predicted octanol–water partition coefficient (Wildman–Crippen LogP) is 1.22. The van der Waals surface area contributed by atoms with Crippen LogP contribution in [0.3, 0.4) is 0 Å². The number of carbonyl (C=O) groups is 1. The summed E-state index contributed by atoms with van der Waals surface area (Å²) in [5.41, 5.74) is 5.40. The molecule has 0 rings (SSSR count). The summed E-state index contributed by atoms with van der Waals surface area (Å²) in [6.07, 6.45) is 2.58. The Kier molecular flexibility index (Phi) is 6.49. The molecule has 1 amide bonds. The molecule has 0 aliphatic rings. The van der Waals surface area contributed by atoms with E-state index in [0.29, 0.717) is 18.0 Å². The number of hydrogen-bond donors (Lipinski definition) is 2. The Hall–Kier alpha value is -0.640. The van der Waals surface area contributed by atoms with Gasteiger partial charge in [0.25, 0.3) is 0 Å². The van der Waals surface area contributed by atoms with Crippen molar-refractivity contribution in [3.8, 4) is 0 Å². The summed E-state index contributed by atoms with van der Waals surface area (Å²) in [5.74, 6) is 0.172. The normalized spacial score (nSPS) is 12.2. The maximum atomic E-state index is 11.1. The molecule has 76 valence electrons. The molecule has 4 heteroatoms. The minimum atomic E-state index is 0.0839. The Balaban J connectivity index is 3.52. The van der Waals surface area contributed by atoms with Crippen LogP contribution in [0.5, 0.6) is 0 Å². The van der Waals surface area contributed by atoms with E-state index in [9.17, 15) is 4.79 Å². The fraction of sp³-hybridized carbons (Fsp3) is 0.778. The molecule has 0 radical (unpaired) electrons. The summed E-state index contributed by atoms with van der Waals surface area (Å²) in [5, 5.41) is 2.79. The number of thiocarbonyl (C=S) groups is 1. The average molecular weight is 202 g/mol. The van der Waals surface area contributed by atoms with Crippen LogP contribution in [0.4, 0.5) is 0 Å². The van der Waals surface area contributed by atoms with Gasteiger partial charge in [-0.3, -0.25) is 4.79 Å². The van der Waals surface area contributed by atoms with E-state index in [-0.39, 0.29) is 11.8 Å². The minimum Gasteiger partial charge on any atom is -0.393 e. The molecule has 0 spiro atoms. The van der Waals surface area contributed by atoms with Gasteiger partial charge in [-0.1, -0.05) is 32.5 Å². The number of nitrogens with one attached hydrogen (secondary N) is 1. The third-order valence-corrected chi connectivity index (χ3v) is 2.25. The first kappa shape index (κ1) is 12.4. The molecule has 13 heavy (non-hydrogen) atoms. The number of unbranched alkanes of at least 4 members (excludes halogenated alkanes) is 1. The second kappa shape index (κ2) is 6.83.